The van der Waals surface area contributed by atoms with Gasteiger partial charge in [0.1, 0.15) is 19.3 Å². The van der Waals surface area contributed by atoms with E-state index in [1.807, 2.05) is 0 Å². The predicted molar refractivity (Wildman–Crippen MR) is 354 cm³/mol. The molecule has 0 radical (unpaired) electrons. The number of carbonyl (C=O) groups excluding carboxylic acids is 4. The van der Waals surface area contributed by atoms with Gasteiger partial charge in [0.15, 0.2) is 12.2 Å². The fourth-order valence-electron chi connectivity index (χ4n) is 10.3. The predicted octanol–water partition coefficient (Wildman–Crippen LogP) is 19.5. The molecule has 0 aliphatic carbocycles. The highest BCUT2D eigenvalue weighted by atomic mass is 31.2. The molecule has 0 heterocycles. The Morgan fingerprint density at radius 2 is 0.580 bits per heavy atom. The Morgan fingerprint density at radius 3 is 0.864 bits per heavy atom. The zero-order valence-corrected chi connectivity index (χ0v) is 59.0. The molecule has 0 aromatic carbocycles. The van der Waals surface area contributed by atoms with E-state index in [1.54, 1.807) is 0 Å². The number of ether oxygens (including phenoxy) is 4. The third kappa shape index (κ3) is 61.6. The van der Waals surface area contributed by atoms with Gasteiger partial charge in [0.05, 0.1) is 26.4 Å². The van der Waals surface area contributed by atoms with Gasteiger partial charge in [-0.05, 0) is 43.4 Å². The van der Waals surface area contributed by atoms with Gasteiger partial charge in [-0.25, -0.2) is 9.13 Å². The van der Waals surface area contributed by atoms with E-state index in [0.717, 1.165) is 108 Å². The number of rotatable bonds is 67. The maximum Gasteiger partial charge on any atom is 0.472 e. The molecule has 0 aromatic heterocycles. The highest BCUT2D eigenvalue weighted by Crippen LogP contribution is 2.45. The van der Waals surface area contributed by atoms with Crippen LogP contribution in [0.25, 0.3) is 0 Å². The SMILES string of the molecule is CCCCCCCCCCCCC(=O)OC[C@H](COP(=O)(O)OC[C@H](O)COP(=O)(O)OC[C@@H](COC(=O)CCCCCCCCCCCC(C)C)OC(=O)CCCCCCCCCCCCCC(C)C)OC(=O)CCCCCCCCCCC(C)CC. The average Bonchev–Trinajstić information content (AvgIpc) is 3.51. The molecule has 0 aromatic rings. The van der Waals surface area contributed by atoms with E-state index in [2.05, 4.69) is 48.5 Å². The Balaban J connectivity index is 5.26. The zero-order chi connectivity index (χ0) is 65.2. The van der Waals surface area contributed by atoms with E-state index in [1.165, 1.54) is 154 Å². The van der Waals surface area contributed by atoms with Gasteiger partial charge in [-0.2, -0.15) is 0 Å². The highest BCUT2D eigenvalue weighted by Gasteiger charge is 2.30. The lowest BCUT2D eigenvalue weighted by molar-refractivity contribution is -0.161. The quantitative estimate of drug-likeness (QED) is 0.0222. The van der Waals surface area contributed by atoms with Crippen molar-refractivity contribution in [1.29, 1.82) is 0 Å². The molecule has 0 saturated heterocycles. The Hall–Kier alpha value is -1.94. The summed E-state index contributed by atoms with van der Waals surface area (Å²) in [6.07, 6.45) is 42.9. The van der Waals surface area contributed by atoms with E-state index < -0.39 is 97.5 Å². The Bertz CT molecular complexity index is 1730. The topological polar surface area (TPSA) is 237 Å². The van der Waals surface area contributed by atoms with Gasteiger partial charge in [-0.1, -0.05) is 292 Å². The van der Waals surface area contributed by atoms with Crippen molar-refractivity contribution < 1.29 is 80.2 Å². The maximum absolute atomic E-state index is 13.0. The number of hydrogen-bond donors (Lipinski definition) is 3. The number of unbranched alkanes of at least 4 members (excludes halogenated alkanes) is 34. The van der Waals surface area contributed by atoms with Gasteiger partial charge in [0, 0.05) is 25.7 Å². The average molecular weight is 1300 g/mol. The van der Waals surface area contributed by atoms with Crippen LogP contribution in [0.3, 0.4) is 0 Å². The second kappa shape index (κ2) is 60.0. The number of hydrogen-bond acceptors (Lipinski definition) is 15. The second-order valence-electron chi connectivity index (χ2n) is 26.1. The summed E-state index contributed by atoms with van der Waals surface area (Å²) in [6.45, 7) is 11.8. The number of aliphatic hydroxyl groups is 1. The summed E-state index contributed by atoms with van der Waals surface area (Å²) in [4.78, 5) is 72.5. The molecule has 0 aliphatic heterocycles. The molecule has 522 valence electrons. The number of aliphatic hydroxyl groups excluding tert-OH is 1. The summed E-state index contributed by atoms with van der Waals surface area (Å²) in [5.74, 6) is 0.150. The van der Waals surface area contributed by atoms with Gasteiger partial charge in [0.2, 0.25) is 0 Å². The first kappa shape index (κ1) is 86.1. The molecule has 0 bridgehead atoms. The standard InChI is InChI=1S/C69H134O17P2/c1-8-10-11-12-13-14-21-29-36-43-50-66(71)79-57-65(86-69(74)53-46-39-32-25-24-28-35-42-49-62(7)9-2)59-84-88(77,78)82-55-63(70)54-81-87(75,76)83-58-64(56-80-67(72)51-44-37-30-23-18-20-27-34-41-48-61(5)6)85-68(73)52-45-38-31-22-17-15-16-19-26-33-40-47-60(3)4/h60-65,70H,8-59H2,1-7H3,(H,75,76)(H,77,78)/t62?,63-,64-,65-/m1/s1. The molecule has 19 heteroatoms. The molecule has 0 amide bonds. The minimum atomic E-state index is -4.95. The van der Waals surface area contributed by atoms with E-state index >= 15 is 0 Å². The number of phosphoric ester groups is 2. The van der Waals surface area contributed by atoms with Crippen molar-refractivity contribution in [3.05, 3.63) is 0 Å². The van der Waals surface area contributed by atoms with Crippen LogP contribution >= 0.6 is 15.6 Å². The normalized spacial score (nSPS) is 14.5. The van der Waals surface area contributed by atoms with Crippen LogP contribution in [0, 0.1) is 17.8 Å². The summed E-state index contributed by atoms with van der Waals surface area (Å²) in [5, 5.41) is 10.6. The monoisotopic (exact) mass is 1300 g/mol. The Morgan fingerprint density at radius 1 is 0.330 bits per heavy atom. The van der Waals surface area contributed by atoms with E-state index in [0.29, 0.717) is 25.7 Å². The summed E-state index contributed by atoms with van der Waals surface area (Å²) in [5.41, 5.74) is 0. The first-order valence-corrected chi connectivity index (χ1v) is 38.9. The van der Waals surface area contributed by atoms with Crippen LogP contribution in [0.15, 0.2) is 0 Å². The van der Waals surface area contributed by atoms with Crippen LogP contribution in [0.4, 0.5) is 0 Å². The smallest absolute Gasteiger partial charge is 0.462 e. The molecule has 0 spiro atoms. The van der Waals surface area contributed by atoms with Crippen LogP contribution in [-0.4, -0.2) is 96.7 Å². The molecule has 0 aliphatic rings. The fraction of sp³-hybridized carbons (Fsp3) is 0.942. The number of esters is 4. The molecule has 88 heavy (non-hydrogen) atoms. The minimum Gasteiger partial charge on any atom is -0.462 e. The van der Waals surface area contributed by atoms with Crippen molar-refractivity contribution in [1.82, 2.24) is 0 Å². The number of phosphoric acid groups is 2. The van der Waals surface area contributed by atoms with Gasteiger partial charge in [0.25, 0.3) is 0 Å². The second-order valence-corrected chi connectivity index (χ2v) is 29.0. The summed E-state index contributed by atoms with van der Waals surface area (Å²) >= 11 is 0. The zero-order valence-electron chi connectivity index (χ0n) is 57.2. The lowest BCUT2D eigenvalue weighted by Gasteiger charge is -2.21. The summed E-state index contributed by atoms with van der Waals surface area (Å²) < 4.78 is 68.2. The Labute approximate surface area is 537 Å². The van der Waals surface area contributed by atoms with Crippen LogP contribution in [0.1, 0.15) is 344 Å². The van der Waals surface area contributed by atoms with Gasteiger partial charge >= 0.3 is 39.5 Å². The largest absolute Gasteiger partial charge is 0.472 e. The first-order chi connectivity index (χ1) is 42.3. The van der Waals surface area contributed by atoms with Crippen LogP contribution in [0.2, 0.25) is 0 Å². The Kier molecular flexibility index (Phi) is 58.7. The summed E-state index contributed by atoms with van der Waals surface area (Å²) in [6, 6.07) is 0. The van der Waals surface area contributed by atoms with E-state index in [-0.39, 0.29) is 25.7 Å². The molecular formula is C69H134O17P2. The van der Waals surface area contributed by atoms with Crippen molar-refractivity contribution in [2.45, 2.75) is 362 Å². The van der Waals surface area contributed by atoms with Gasteiger partial charge in [-0.15, -0.1) is 0 Å². The molecule has 0 saturated carbocycles. The van der Waals surface area contributed by atoms with Crippen LogP contribution in [-0.2, 0) is 65.4 Å². The maximum atomic E-state index is 13.0. The third-order valence-electron chi connectivity index (χ3n) is 16.2. The first-order valence-electron chi connectivity index (χ1n) is 35.9. The lowest BCUT2D eigenvalue weighted by atomic mass is 9.99. The third-order valence-corrected chi connectivity index (χ3v) is 18.1. The summed E-state index contributed by atoms with van der Waals surface area (Å²) in [7, 11) is -9.90. The lowest BCUT2D eigenvalue weighted by Crippen LogP contribution is -2.30. The van der Waals surface area contributed by atoms with Crippen LogP contribution < -0.4 is 0 Å². The van der Waals surface area contributed by atoms with E-state index in [4.69, 9.17) is 37.0 Å². The molecule has 3 N–H and O–H groups in total. The molecular weight excluding hydrogens is 1160 g/mol. The van der Waals surface area contributed by atoms with Gasteiger partial charge in [-0.3, -0.25) is 37.3 Å². The van der Waals surface area contributed by atoms with Crippen molar-refractivity contribution >= 4 is 39.5 Å². The van der Waals surface area contributed by atoms with Crippen molar-refractivity contribution in [3.63, 3.8) is 0 Å². The molecule has 0 rings (SSSR count). The minimum absolute atomic E-state index is 0.105. The molecule has 3 unspecified atom stereocenters. The van der Waals surface area contributed by atoms with Crippen LogP contribution in [0.5, 0.6) is 0 Å². The highest BCUT2D eigenvalue weighted by molar-refractivity contribution is 7.47. The van der Waals surface area contributed by atoms with Crippen molar-refractivity contribution in [2.24, 2.45) is 17.8 Å². The van der Waals surface area contributed by atoms with Crippen molar-refractivity contribution in [2.75, 3.05) is 39.6 Å². The van der Waals surface area contributed by atoms with Crippen molar-refractivity contribution in [3.8, 4) is 0 Å². The molecule has 17 nitrogen and oxygen atoms in total. The fourth-order valence-corrected chi connectivity index (χ4v) is 11.9. The molecule has 0 fully saturated rings. The number of carbonyl (C=O) groups is 4. The van der Waals surface area contributed by atoms with Gasteiger partial charge < -0.3 is 33.8 Å². The molecule has 6 atom stereocenters. The van der Waals surface area contributed by atoms with E-state index in [9.17, 15) is 43.2 Å².